The van der Waals surface area contributed by atoms with Crippen LogP contribution >= 0.6 is 0 Å². The molecule has 3 N–H and O–H groups in total. The maximum atomic E-state index is 12.3. The third-order valence-corrected chi connectivity index (χ3v) is 4.20. The van der Waals surface area contributed by atoms with Crippen LogP contribution in [0.2, 0.25) is 0 Å². The van der Waals surface area contributed by atoms with Crippen LogP contribution in [0.5, 0.6) is 0 Å². The largest absolute Gasteiger partial charge is 0.393 e. The van der Waals surface area contributed by atoms with Crippen molar-refractivity contribution < 1.29 is 9.90 Å². The minimum atomic E-state index is -0.346. The molecule has 0 spiro atoms. The van der Waals surface area contributed by atoms with Gasteiger partial charge in [0.2, 0.25) is 0 Å². The van der Waals surface area contributed by atoms with Crippen LogP contribution in [-0.2, 0) is 0 Å². The summed E-state index contributed by atoms with van der Waals surface area (Å²) in [6, 6.07) is 6.09. The average Bonchev–Trinajstić information content (AvgIpc) is 2.48. The lowest BCUT2D eigenvalue weighted by molar-refractivity contribution is 0.0941. The highest BCUT2D eigenvalue weighted by atomic mass is 16.3. The van der Waals surface area contributed by atoms with Crippen molar-refractivity contribution >= 4 is 11.6 Å². The first-order valence-electron chi connectivity index (χ1n) is 8.19. The van der Waals surface area contributed by atoms with Gasteiger partial charge in [-0.15, -0.1) is 0 Å². The van der Waals surface area contributed by atoms with E-state index in [1.807, 2.05) is 32.0 Å². The third kappa shape index (κ3) is 5.34. The second-order valence-corrected chi connectivity index (χ2v) is 6.26. The SMILES string of the molecule is CCC(O)CCNC(=O)c1cccc(NC(C)C(C)C)c1C. The topological polar surface area (TPSA) is 61.4 Å². The molecule has 0 saturated heterocycles. The monoisotopic (exact) mass is 306 g/mol. The van der Waals surface area contributed by atoms with Gasteiger partial charge in [-0.2, -0.15) is 0 Å². The van der Waals surface area contributed by atoms with Gasteiger partial charge < -0.3 is 15.7 Å². The minimum absolute atomic E-state index is 0.0818. The fourth-order valence-corrected chi connectivity index (χ4v) is 2.10. The number of carbonyl (C=O) groups is 1. The Balaban J connectivity index is 2.73. The molecule has 0 radical (unpaired) electrons. The summed E-state index contributed by atoms with van der Waals surface area (Å²) < 4.78 is 0. The first kappa shape index (κ1) is 18.5. The number of rotatable bonds is 8. The number of nitrogens with one attached hydrogen (secondary N) is 2. The van der Waals surface area contributed by atoms with Gasteiger partial charge in [-0.3, -0.25) is 4.79 Å². The van der Waals surface area contributed by atoms with Crippen molar-refractivity contribution in [1.29, 1.82) is 0 Å². The molecule has 0 saturated carbocycles. The lowest BCUT2D eigenvalue weighted by Gasteiger charge is -2.21. The number of aliphatic hydroxyl groups excluding tert-OH is 1. The van der Waals surface area contributed by atoms with Crippen molar-refractivity contribution in [2.45, 2.75) is 59.6 Å². The summed E-state index contributed by atoms with van der Waals surface area (Å²) in [6.45, 7) is 10.9. The van der Waals surface area contributed by atoms with Gasteiger partial charge in [0.05, 0.1) is 6.10 Å². The molecule has 1 aromatic rings. The molecule has 2 unspecified atom stereocenters. The predicted octanol–water partition coefficient (Wildman–Crippen LogP) is 3.34. The Labute approximate surface area is 134 Å². The molecule has 0 aliphatic carbocycles. The first-order chi connectivity index (χ1) is 10.4. The normalized spacial score (nSPS) is 13.8. The van der Waals surface area contributed by atoms with Crippen LogP contribution in [0.3, 0.4) is 0 Å². The zero-order chi connectivity index (χ0) is 16.7. The van der Waals surface area contributed by atoms with E-state index >= 15 is 0 Å². The molecule has 0 bridgehead atoms. The molecule has 0 fully saturated rings. The molecule has 1 amide bonds. The molecular weight excluding hydrogens is 276 g/mol. The molecule has 0 aromatic heterocycles. The molecule has 4 nitrogen and oxygen atoms in total. The number of benzene rings is 1. The van der Waals surface area contributed by atoms with Crippen LogP contribution in [0.1, 0.15) is 56.5 Å². The number of carbonyl (C=O) groups excluding carboxylic acids is 1. The fourth-order valence-electron chi connectivity index (χ4n) is 2.10. The fraction of sp³-hybridized carbons (Fsp3) is 0.611. The highest BCUT2D eigenvalue weighted by molar-refractivity contribution is 5.97. The van der Waals surface area contributed by atoms with E-state index in [4.69, 9.17) is 0 Å². The first-order valence-corrected chi connectivity index (χ1v) is 8.19. The zero-order valence-electron chi connectivity index (χ0n) is 14.4. The van der Waals surface area contributed by atoms with E-state index in [1.54, 1.807) is 0 Å². The lowest BCUT2D eigenvalue weighted by Crippen LogP contribution is -2.28. The van der Waals surface area contributed by atoms with Gasteiger partial charge in [-0.25, -0.2) is 0 Å². The van der Waals surface area contributed by atoms with Crippen LogP contribution < -0.4 is 10.6 Å². The molecule has 22 heavy (non-hydrogen) atoms. The summed E-state index contributed by atoms with van der Waals surface area (Å²) in [7, 11) is 0. The molecule has 2 atom stereocenters. The molecule has 1 aromatic carbocycles. The Bertz CT molecular complexity index is 486. The summed E-state index contributed by atoms with van der Waals surface area (Å²) in [5, 5.41) is 15.9. The van der Waals surface area contributed by atoms with E-state index in [1.165, 1.54) is 0 Å². The number of hydrogen-bond acceptors (Lipinski definition) is 3. The highest BCUT2D eigenvalue weighted by Crippen LogP contribution is 2.21. The van der Waals surface area contributed by atoms with E-state index < -0.39 is 0 Å². The van der Waals surface area contributed by atoms with Gasteiger partial charge in [0.1, 0.15) is 0 Å². The van der Waals surface area contributed by atoms with E-state index in [9.17, 15) is 9.90 Å². The Morgan fingerprint density at radius 1 is 1.27 bits per heavy atom. The van der Waals surface area contributed by atoms with Crippen molar-refractivity contribution in [3.05, 3.63) is 29.3 Å². The molecule has 1 rings (SSSR count). The van der Waals surface area contributed by atoms with Crippen LogP contribution in [0, 0.1) is 12.8 Å². The van der Waals surface area contributed by atoms with Gasteiger partial charge in [0.15, 0.2) is 0 Å². The number of aliphatic hydroxyl groups is 1. The summed E-state index contributed by atoms with van der Waals surface area (Å²) in [5.74, 6) is 0.439. The molecule has 0 heterocycles. The summed E-state index contributed by atoms with van der Waals surface area (Å²) in [6.07, 6.45) is 0.951. The van der Waals surface area contributed by atoms with E-state index in [0.717, 1.165) is 11.3 Å². The maximum Gasteiger partial charge on any atom is 0.251 e. The van der Waals surface area contributed by atoms with Gasteiger partial charge in [-0.1, -0.05) is 26.8 Å². The summed E-state index contributed by atoms with van der Waals surface area (Å²) in [5.41, 5.74) is 2.65. The molecule has 124 valence electrons. The van der Waals surface area contributed by atoms with Crippen molar-refractivity contribution in [3.8, 4) is 0 Å². The van der Waals surface area contributed by atoms with Gasteiger partial charge in [0, 0.05) is 23.8 Å². The van der Waals surface area contributed by atoms with Gasteiger partial charge in [-0.05, 0) is 50.3 Å². The molecule has 4 heteroatoms. The van der Waals surface area contributed by atoms with Crippen molar-refractivity contribution in [2.24, 2.45) is 5.92 Å². The summed E-state index contributed by atoms with van der Waals surface area (Å²) in [4.78, 5) is 12.3. The van der Waals surface area contributed by atoms with E-state index in [2.05, 4.69) is 31.4 Å². The van der Waals surface area contributed by atoms with Crippen LogP contribution in [0.4, 0.5) is 5.69 Å². The van der Waals surface area contributed by atoms with Gasteiger partial charge >= 0.3 is 0 Å². The lowest BCUT2D eigenvalue weighted by atomic mass is 10.0. The van der Waals surface area contributed by atoms with Crippen LogP contribution in [0.15, 0.2) is 18.2 Å². The Hall–Kier alpha value is -1.55. The third-order valence-electron chi connectivity index (χ3n) is 4.20. The highest BCUT2D eigenvalue weighted by Gasteiger charge is 2.14. The van der Waals surface area contributed by atoms with E-state index in [0.29, 0.717) is 36.9 Å². The summed E-state index contributed by atoms with van der Waals surface area (Å²) >= 11 is 0. The predicted molar refractivity (Wildman–Crippen MR) is 92.3 cm³/mol. The number of anilines is 1. The number of amides is 1. The zero-order valence-corrected chi connectivity index (χ0v) is 14.4. The Morgan fingerprint density at radius 3 is 2.55 bits per heavy atom. The quantitative estimate of drug-likeness (QED) is 0.690. The minimum Gasteiger partial charge on any atom is -0.393 e. The second kappa shape index (κ2) is 8.79. The maximum absolute atomic E-state index is 12.3. The molecular formula is C18H30N2O2. The number of hydrogen-bond donors (Lipinski definition) is 3. The van der Waals surface area contributed by atoms with Crippen molar-refractivity contribution in [1.82, 2.24) is 5.32 Å². The van der Waals surface area contributed by atoms with E-state index in [-0.39, 0.29) is 12.0 Å². The van der Waals surface area contributed by atoms with Crippen LogP contribution in [-0.4, -0.2) is 29.7 Å². The van der Waals surface area contributed by atoms with Crippen molar-refractivity contribution in [3.63, 3.8) is 0 Å². The average molecular weight is 306 g/mol. The second-order valence-electron chi connectivity index (χ2n) is 6.26. The Morgan fingerprint density at radius 2 is 1.95 bits per heavy atom. The Kier molecular flexibility index (Phi) is 7.39. The van der Waals surface area contributed by atoms with Gasteiger partial charge in [0.25, 0.3) is 5.91 Å². The van der Waals surface area contributed by atoms with Crippen molar-refractivity contribution in [2.75, 3.05) is 11.9 Å². The molecule has 0 aliphatic heterocycles. The van der Waals surface area contributed by atoms with Crippen LogP contribution in [0.25, 0.3) is 0 Å². The smallest absolute Gasteiger partial charge is 0.251 e. The molecule has 0 aliphatic rings. The standard InChI is InChI=1S/C18H30N2O2/c1-6-15(21)10-11-19-18(22)16-8-7-9-17(13(16)4)20-14(5)12(2)3/h7-9,12,14-15,20-21H,6,10-11H2,1-5H3,(H,19,22).